The zero-order chi connectivity index (χ0) is 13.8. The Kier molecular flexibility index (Phi) is 9.57. The summed E-state index contributed by atoms with van der Waals surface area (Å²) in [5, 5.41) is 17.1. The van der Waals surface area contributed by atoms with E-state index in [0.717, 1.165) is 0 Å². The summed E-state index contributed by atoms with van der Waals surface area (Å²) in [6.45, 7) is 3.33. The highest BCUT2D eigenvalue weighted by Crippen LogP contribution is 2.04. The van der Waals surface area contributed by atoms with Crippen LogP contribution >= 0.6 is 0 Å². The Balaban J connectivity index is 4.34. The predicted octanol–water partition coefficient (Wildman–Crippen LogP) is 0.396. The lowest BCUT2D eigenvalue weighted by Crippen LogP contribution is -2.37. The fourth-order valence-corrected chi connectivity index (χ4v) is 1.50. The van der Waals surface area contributed by atoms with Gasteiger partial charge in [-0.25, -0.2) is 0 Å². The number of amides is 1. The van der Waals surface area contributed by atoms with Crippen molar-refractivity contribution >= 4 is 5.91 Å². The van der Waals surface area contributed by atoms with Gasteiger partial charge >= 0.3 is 0 Å². The van der Waals surface area contributed by atoms with Crippen molar-refractivity contribution in [2.75, 3.05) is 26.2 Å². The zero-order valence-electron chi connectivity index (χ0n) is 10.8. The highest BCUT2D eigenvalue weighted by atomic mass is 16.5. The maximum Gasteiger partial charge on any atom is 0.225 e. The molecule has 0 radical (unpaired) electrons. The Morgan fingerprint density at radius 1 is 1.33 bits per heavy atom. The van der Waals surface area contributed by atoms with Crippen LogP contribution < -0.4 is 5.73 Å². The minimum atomic E-state index is -0.297. The maximum atomic E-state index is 12.0. The summed E-state index contributed by atoms with van der Waals surface area (Å²) in [7, 11) is 0. The lowest BCUT2D eigenvalue weighted by molar-refractivity contribution is -0.133. The monoisotopic (exact) mass is 252 g/mol. The number of ether oxygens (including phenoxy) is 1. The molecule has 6 heteroatoms. The van der Waals surface area contributed by atoms with E-state index in [4.69, 9.17) is 21.0 Å². The largest absolute Gasteiger partial charge is 0.377 e. The summed E-state index contributed by atoms with van der Waals surface area (Å²) < 4.78 is 5.32. The van der Waals surface area contributed by atoms with Crippen LogP contribution in [0.4, 0.5) is 0 Å². The van der Waals surface area contributed by atoms with Gasteiger partial charge in [0, 0.05) is 26.2 Å². The molecule has 6 nitrogen and oxygen atoms in total. The Morgan fingerprint density at radius 2 is 1.89 bits per heavy atom. The Morgan fingerprint density at radius 3 is 2.28 bits per heavy atom. The summed E-state index contributed by atoms with van der Waals surface area (Å²) in [5.41, 5.74) is 5.51. The van der Waals surface area contributed by atoms with Crippen LogP contribution in [0.15, 0.2) is 0 Å². The average molecular weight is 252 g/mol. The van der Waals surface area contributed by atoms with E-state index in [2.05, 4.69) is 0 Å². The van der Waals surface area contributed by atoms with Gasteiger partial charge in [-0.2, -0.15) is 10.5 Å². The summed E-state index contributed by atoms with van der Waals surface area (Å²) in [6.07, 6.45) is 0.425. The van der Waals surface area contributed by atoms with Crippen molar-refractivity contribution in [1.82, 2.24) is 4.90 Å². The van der Waals surface area contributed by atoms with Gasteiger partial charge in [0.25, 0.3) is 0 Å². The second-order valence-electron chi connectivity index (χ2n) is 3.71. The molecule has 0 aliphatic carbocycles. The lowest BCUT2D eigenvalue weighted by atomic mass is 10.2. The van der Waals surface area contributed by atoms with Crippen LogP contribution in [0.1, 0.15) is 26.2 Å². The normalized spacial score (nSPS) is 11.3. The predicted molar refractivity (Wildman–Crippen MR) is 66.1 cm³/mol. The molecule has 100 valence electrons. The van der Waals surface area contributed by atoms with E-state index in [1.807, 2.05) is 19.1 Å². The molecule has 0 aromatic heterocycles. The molecule has 0 bridgehead atoms. The molecule has 0 rings (SSSR count). The smallest absolute Gasteiger partial charge is 0.225 e. The van der Waals surface area contributed by atoms with Gasteiger partial charge in [0.1, 0.15) is 0 Å². The Labute approximate surface area is 108 Å². The van der Waals surface area contributed by atoms with Gasteiger partial charge in [-0.3, -0.25) is 4.79 Å². The molecule has 2 N–H and O–H groups in total. The fraction of sp³-hybridized carbons (Fsp3) is 0.750. The van der Waals surface area contributed by atoms with Crippen LogP contribution in [0.2, 0.25) is 0 Å². The highest BCUT2D eigenvalue weighted by molar-refractivity contribution is 5.76. The zero-order valence-corrected chi connectivity index (χ0v) is 10.8. The molecule has 1 atom stereocenters. The van der Waals surface area contributed by atoms with Crippen LogP contribution in [0.5, 0.6) is 0 Å². The number of rotatable bonds is 9. The number of hydrogen-bond acceptors (Lipinski definition) is 5. The van der Waals surface area contributed by atoms with Crippen LogP contribution in [-0.4, -0.2) is 43.2 Å². The third kappa shape index (κ3) is 6.85. The maximum absolute atomic E-state index is 12.0. The van der Waals surface area contributed by atoms with Crippen LogP contribution in [-0.2, 0) is 9.53 Å². The second-order valence-corrected chi connectivity index (χ2v) is 3.71. The minimum absolute atomic E-state index is 0.121. The van der Waals surface area contributed by atoms with Gasteiger partial charge in [0.15, 0.2) is 0 Å². The first-order valence-electron chi connectivity index (χ1n) is 6.02. The molecule has 1 amide bonds. The molecule has 0 spiro atoms. The first-order valence-corrected chi connectivity index (χ1v) is 6.02. The van der Waals surface area contributed by atoms with Crippen molar-refractivity contribution in [3.63, 3.8) is 0 Å². The van der Waals surface area contributed by atoms with E-state index in [0.29, 0.717) is 19.7 Å². The van der Waals surface area contributed by atoms with Crippen molar-refractivity contribution in [3.8, 4) is 12.1 Å². The number of carbonyl (C=O) groups is 1. The van der Waals surface area contributed by atoms with Crippen LogP contribution in [0.3, 0.4) is 0 Å². The number of carbonyl (C=O) groups excluding carboxylic acids is 1. The van der Waals surface area contributed by atoms with E-state index in [9.17, 15) is 4.79 Å². The molecule has 18 heavy (non-hydrogen) atoms. The van der Waals surface area contributed by atoms with Gasteiger partial charge in [0.05, 0.1) is 37.5 Å². The second kappa shape index (κ2) is 10.5. The topological polar surface area (TPSA) is 103 Å². The van der Waals surface area contributed by atoms with Crippen LogP contribution in [0, 0.1) is 22.7 Å². The minimum Gasteiger partial charge on any atom is -0.377 e. The number of nitriles is 2. The van der Waals surface area contributed by atoms with Gasteiger partial charge in [-0.05, 0) is 6.92 Å². The van der Waals surface area contributed by atoms with Gasteiger partial charge in [-0.15, -0.1) is 0 Å². The highest BCUT2D eigenvalue weighted by Gasteiger charge is 2.18. The quantitative estimate of drug-likeness (QED) is 0.639. The van der Waals surface area contributed by atoms with Crippen molar-refractivity contribution in [2.45, 2.75) is 32.3 Å². The third-order valence-electron chi connectivity index (χ3n) is 2.41. The molecular weight excluding hydrogens is 232 g/mol. The average Bonchev–Trinajstić information content (AvgIpc) is 2.38. The molecule has 0 fully saturated rings. The molecule has 0 aliphatic rings. The van der Waals surface area contributed by atoms with E-state index >= 15 is 0 Å². The molecular formula is C12H20N4O2. The standard InChI is InChI=1S/C12H20N4O2/c1-2-18-11(10-15)9-12(17)16(7-3-5-13)8-4-6-14/h11H,2-4,7-10,15H2,1H3. The molecule has 1 unspecified atom stereocenters. The SMILES string of the molecule is CCOC(CN)CC(=O)N(CCC#N)CCC#N. The summed E-state index contributed by atoms with van der Waals surface area (Å²) in [6, 6.07) is 3.98. The molecule has 0 aromatic rings. The van der Waals surface area contributed by atoms with Crippen molar-refractivity contribution in [1.29, 1.82) is 10.5 Å². The first-order chi connectivity index (χ1) is 8.69. The number of nitrogens with zero attached hydrogens (tertiary/aromatic N) is 3. The number of hydrogen-bond donors (Lipinski definition) is 1. The Bertz CT molecular complexity index is 301. The number of nitrogens with two attached hydrogens (primary N) is 1. The van der Waals surface area contributed by atoms with Crippen molar-refractivity contribution in [3.05, 3.63) is 0 Å². The summed E-state index contributed by atoms with van der Waals surface area (Å²) in [5.74, 6) is -0.121. The molecule has 0 heterocycles. The lowest BCUT2D eigenvalue weighted by Gasteiger charge is -2.23. The van der Waals surface area contributed by atoms with Gasteiger partial charge in [-0.1, -0.05) is 0 Å². The third-order valence-corrected chi connectivity index (χ3v) is 2.41. The van der Waals surface area contributed by atoms with Gasteiger partial charge in [0.2, 0.25) is 5.91 Å². The first kappa shape index (κ1) is 16.4. The molecule has 0 saturated heterocycles. The van der Waals surface area contributed by atoms with Crippen molar-refractivity contribution in [2.24, 2.45) is 5.73 Å². The summed E-state index contributed by atoms with van der Waals surface area (Å²) in [4.78, 5) is 13.5. The van der Waals surface area contributed by atoms with Gasteiger partial charge < -0.3 is 15.4 Å². The van der Waals surface area contributed by atoms with E-state index in [1.165, 1.54) is 4.90 Å². The summed E-state index contributed by atoms with van der Waals surface area (Å²) >= 11 is 0. The van der Waals surface area contributed by atoms with E-state index in [1.54, 1.807) is 0 Å². The molecule has 0 aliphatic heterocycles. The van der Waals surface area contributed by atoms with E-state index < -0.39 is 0 Å². The van der Waals surface area contributed by atoms with Crippen LogP contribution in [0.25, 0.3) is 0 Å². The van der Waals surface area contributed by atoms with E-state index in [-0.39, 0.29) is 37.8 Å². The molecule has 0 aromatic carbocycles. The Hall–Kier alpha value is -1.63. The fourth-order valence-electron chi connectivity index (χ4n) is 1.50. The van der Waals surface area contributed by atoms with Crippen molar-refractivity contribution < 1.29 is 9.53 Å². The molecule has 0 saturated carbocycles.